The molecule has 2 rings (SSSR count). The van der Waals surface area contributed by atoms with Crippen molar-refractivity contribution >= 4 is 22.4 Å². The molecular formula is C14H21N3O2S. The van der Waals surface area contributed by atoms with Crippen molar-refractivity contribution in [1.82, 2.24) is 10.3 Å². The van der Waals surface area contributed by atoms with E-state index in [0.717, 1.165) is 31.5 Å². The molecule has 0 radical (unpaired) electrons. The SMILES string of the molecule is CCCNc1ccnc(C(=O)NC2CCS(=O)CC2)c1. The number of hydrogen-bond acceptors (Lipinski definition) is 4. The standard InChI is InChI=1S/C14H21N3O2S/c1-2-6-15-12-3-7-16-13(10-12)14(18)17-11-4-8-20(19)9-5-11/h3,7,10-11H,2,4-6,8-9H2,1H3,(H,15,16)(H,17,18). The summed E-state index contributed by atoms with van der Waals surface area (Å²) in [5.74, 6) is 1.20. The predicted molar refractivity (Wildman–Crippen MR) is 81.4 cm³/mol. The third-order valence-electron chi connectivity index (χ3n) is 3.29. The Kier molecular flexibility index (Phi) is 5.52. The summed E-state index contributed by atoms with van der Waals surface area (Å²) in [5.41, 5.74) is 1.34. The fourth-order valence-corrected chi connectivity index (χ4v) is 3.43. The van der Waals surface area contributed by atoms with Gasteiger partial charge in [0.25, 0.3) is 5.91 Å². The maximum atomic E-state index is 12.1. The van der Waals surface area contributed by atoms with Crippen LogP contribution in [0.3, 0.4) is 0 Å². The van der Waals surface area contributed by atoms with Gasteiger partial charge in [0.15, 0.2) is 0 Å². The van der Waals surface area contributed by atoms with E-state index >= 15 is 0 Å². The molecule has 0 atom stereocenters. The molecule has 0 spiro atoms. The van der Waals surface area contributed by atoms with Gasteiger partial charge in [-0.25, -0.2) is 0 Å². The van der Waals surface area contributed by atoms with Crippen molar-refractivity contribution in [1.29, 1.82) is 0 Å². The van der Waals surface area contributed by atoms with E-state index in [1.165, 1.54) is 0 Å². The van der Waals surface area contributed by atoms with Crippen LogP contribution >= 0.6 is 0 Å². The summed E-state index contributed by atoms with van der Waals surface area (Å²) in [6, 6.07) is 3.75. The van der Waals surface area contributed by atoms with Gasteiger partial charge < -0.3 is 10.6 Å². The maximum Gasteiger partial charge on any atom is 0.270 e. The predicted octanol–water partition coefficient (Wildman–Crippen LogP) is 1.54. The monoisotopic (exact) mass is 295 g/mol. The number of amides is 1. The van der Waals surface area contributed by atoms with Crippen molar-refractivity contribution in [3.05, 3.63) is 24.0 Å². The smallest absolute Gasteiger partial charge is 0.270 e. The fourth-order valence-electron chi connectivity index (χ4n) is 2.13. The van der Waals surface area contributed by atoms with Crippen molar-refractivity contribution < 1.29 is 9.00 Å². The second kappa shape index (κ2) is 7.38. The summed E-state index contributed by atoms with van der Waals surface area (Å²) in [5, 5.41) is 6.21. The number of nitrogens with zero attached hydrogens (tertiary/aromatic N) is 1. The number of nitrogens with one attached hydrogen (secondary N) is 2. The molecule has 6 heteroatoms. The van der Waals surface area contributed by atoms with Crippen LogP contribution in [0, 0.1) is 0 Å². The zero-order chi connectivity index (χ0) is 14.4. The summed E-state index contributed by atoms with van der Waals surface area (Å²) in [7, 11) is -0.705. The quantitative estimate of drug-likeness (QED) is 0.864. The Hall–Kier alpha value is -1.43. The third-order valence-corrected chi connectivity index (χ3v) is 4.68. The van der Waals surface area contributed by atoms with E-state index in [1.54, 1.807) is 12.3 Å². The molecule has 0 aromatic carbocycles. The first kappa shape index (κ1) is 15.0. The summed E-state index contributed by atoms with van der Waals surface area (Å²) >= 11 is 0. The summed E-state index contributed by atoms with van der Waals surface area (Å²) in [6.07, 6.45) is 4.24. The first-order valence-electron chi connectivity index (χ1n) is 7.05. The molecular weight excluding hydrogens is 274 g/mol. The molecule has 1 amide bonds. The molecule has 0 unspecified atom stereocenters. The zero-order valence-corrected chi connectivity index (χ0v) is 12.5. The van der Waals surface area contributed by atoms with E-state index in [-0.39, 0.29) is 11.9 Å². The Bertz CT molecular complexity index is 483. The lowest BCUT2D eigenvalue weighted by Crippen LogP contribution is -2.39. The molecule has 0 bridgehead atoms. The van der Waals surface area contributed by atoms with Crippen LogP contribution in [-0.2, 0) is 10.8 Å². The zero-order valence-electron chi connectivity index (χ0n) is 11.7. The van der Waals surface area contributed by atoms with Crippen molar-refractivity contribution in [2.75, 3.05) is 23.4 Å². The van der Waals surface area contributed by atoms with Gasteiger partial charge in [-0.05, 0) is 31.4 Å². The van der Waals surface area contributed by atoms with Crippen molar-refractivity contribution in [3.8, 4) is 0 Å². The highest BCUT2D eigenvalue weighted by atomic mass is 32.2. The summed E-state index contributed by atoms with van der Waals surface area (Å²) < 4.78 is 11.3. The second-order valence-corrected chi connectivity index (χ2v) is 6.65. The molecule has 1 saturated heterocycles. The van der Waals surface area contributed by atoms with Crippen LogP contribution in [0.5, 0.6) is 0 Å². The molecule has 0 saturated carbocycles. The highest BCUT2D eigenvalue weighted by molar-refractivity contribution is 7.85. The second-order valence-electron chi connectivity index (χ2n) is 4.95. The minimum atomic E-state index is -0.705. The van der Waals surface area contributed by atoms with Crippen molar-refractivity contribution in [2.24, 2.45) is 0 Å². The molecule has 5 nitrogen and oxygen atoms in total. The third kappa shape index (κ3) is 4.30. The van der Waals surface area contributed by atoms with Crippen LogP contribution in [0.15, 0.2) is 18.3 Å². The highest BCUT2D eigenvalue weighted by Gasteiger charge is 2.20. The van der Waals surface area contributed by atoms with Gasteiger partial charge in [-0.2, -0.15) is 0 Å². The van der Waals surface area contributed by atoms with Crippen LogP contribution in [0.4, 0.5) is 5.69 Å². The normalized spacial score (nSPS) is 22.2. The van der Waals surface area contributed by atoms with E-state index in [2.05, 4.69) is 22.5 Å². The lowest BCUT2D eigenvalue weighted by Gasteiger charge is -2.22. The first-order valence-corrected chi connectivity index (χ1v) is 8.53. The largest absolute Gasteiger partial charge is 0.385 e. The molecule has 1 aliphatic heterocycles. The van der Waals surface area contributed by atoms with Crippen molar-refractivity contribution in [2.45, 2.75) is 32.2 Å². The molecule has 20 heavy (non-hydrogen) atoms. The first-order chi connectivity index (χ1) is 9.69. The van der Waals surface area contributed by atoms with E-state index in [1.807, 2.05) is 6.07 Å². The van der Waals surface area contributed by atoms with E-state index in [0.29, 0.717) is 17.2 Å². The minimum Gasteiger partial charge on any atom is -0.385 e. The van der Waals surface area contributed by atoms with E-state index in [9.17, 15) is 9.00 Å². The summed E-state index contributed by atoms with van der Waals surface area (Å²) in [4.78, 5) is 16.3. The van der Waals surface area contributed by atoms with Gasteiger partial charge >= 0.3 is 0 Å². The molecule has 1 aromatic heterocycles. The van der Waals surface area contributed by atoms with Gasteiger partial charge in [0.2, 0.25) is 0 Å². The van der Waals surface area contributed by atoms with Crippen molar-refractivity contribution in [3.63, 3.8) is 0 Å². The van der Waals surface area contributed by atoms with E-state index in [4.69, 9.17) is 0 Å². The molecule has 1 fully saturated rings. The number of pyridine rings is 1. The highest BCUT2D eigenvalue weighted by Crippen LogP contribution is 2.12. The Morgan fingerprint density at radius 1 is 1.45 bits per heavy atom. The van der Waals surface area contributed by atoms with Gasteiger partial charge in [-0.3, -0.25) is 14.0 Å². The lowest BCUT2D eigenvalue weighted by molar-refractivity contribution is 0.0929. The number of aromatic nitrogens is 1. The van der Waals surface area contributed by atoms with Crippen LogP contribution in [-0.4, -0.2) is 39.2 Å². The number of rotatable bonds is 5. The van der Waals surface area contributed by atoms with Gasteiger partial charge in [0.1, 0.15) is 5.69 Å². The van der Waals surface area contributed by atoms with E-state index < -0.39 is 10.8 Å². The average Bonchev–Trinajstić information content (AvgIpc) is 2.48. The number of hydrogen-bond donors (Lipinski definition) is 2. The number of anilines is 1. The van der Waals surface area contributed by atoms with Gasteiger partial charge in [0.05, 0.1) is 0 Å². The number of carbonyl (C=O) groups is 1. The molecule has 2 N–H and O–H groups in total. The average molecular weight is 295 g/mol. The molecule has 2 heterocycles. The lowest BCUT2D eigenvalue weighted by atomic mass is 10.1. The Balaban J connectivity index is 1.93. The fraction of sp³-hybridized carbons (Fsp3) is 0.571. The molecule has 1 aliphatic rings. The summed E-state index contributed by atoms with van der Waals surface area (Å²) in [6.45, 7) is 2.97. The molecule has 0 aliphatic carbocycles. The van der Waals surface area contributed by atoms with Crippen LogP contribution in [0.1, 0.15) is 36.7 Å². The van der Waals surface area contributed by atoms with Crippen LogP contribution < -0.4 is 10.6 Å². The van der Waals surface area contributed by atoms with Gasteiger partial charge in [-0.1, -0.05) is 6.92 Å². The Morgan fingerprint density at radius 3 is 2.90 bits per heavy atom. The maximum absolute atomic E-state index is 12.1. The molecule has 110 valence electrons. The van der Waals surface area contributed by atoms with Gasteiger partial charge in [0, 0.05) is 46.8 Å². The van der Waals surface area contributed by atoms with Crippen LogP contribution in [0.2, 0.25) is 0 Å². The minimum absolute atomic E-state index is 0.120. The topological polar surface area (TPSA) is 71.1 Å². The Labute approximate surface area is 122 Å². The Morgan fingerprint density at radius 2 is 2.20 bits per heavy atom. The molecule has 1 aromatic rings. The number of carbonyl (C=O) groups excluding carboxylic acids is 1. The van der Waals surface area contributed by atoms with Crippen LogP contribution in [0.25, 0.3) is 0 Å². The van der Waals surface area contributed by atoms with Gasteiger partial charge in [-0.15, -0.1) is 0 Å².